The van der Waals surface area contributed by atoms with Gasteiger partial charge in [0.1, 0.15) is 17.2 Å². The summed E-state index contributed by atoms with van der Waals surface area (Å²) in [6.07, 6.45) is 0.556. The van der Waals surface area contributed by atoms with Crippen LogP contribution in [0, 0.1) is 10.1 Å². The molecular formula is C17H17NO6. The molecule has 126 valence electrons. The summed E-state index contributed by atoms with van der Waals surface area (Å²) >= 11 is 0. The Morgan fingerprint density at radius 2 is 1.71 bits per heavy atom. The number of non-ortho nitro benzene ring substituents is 1. The number of nitrogens with zero attached hydrogens (tertiary/aromatic N) is 1. The average molecular weight is 331 g/mol. The van der Waals surface area contributed by atoms with Gasteiger partial charge < -0.3 is 14.2 Å². The van der Waals surface area contributed by atoms with Crippen molar-refractivity contribution in [2.24, 2.45) is 0 Å². The first-order valence-electron chi connectivity index (χ1n) is 7.19. The van der Waals surface area contributed by atoms with Gasteiger partial charge in [0, 0.05) is 18.6 Å². The van der Waals surface area contributed by atoms with Gasteiger partial charge in [-0.05, 0) is 30.2 Å². The van der Waals surface area contributed by atoms with E-state index in [2.05, 4.69) is 0 Å². The van der Waals surface area contributed by atoms with Crippen LogP contribution in [0.25, 0.3) is 0 Å². The van der Waals surface area contributed by atoms with Crippen molar-refractivity contribution in [3.05, 3.63) is 58.1 Å². The van der Waals surface area contributed by atoms with E-state index in [1.807, 2.05) is 12.1 Å². The Morgan fingerprint density at radius 1 is 1.04 bits per heavy atom. The van der Waals surface area contributed by atoms with Crippen LogP contribution in [0.1, 0.15) is 12.0 Å². The minimum atomic E-state index is -0.542. The van der Waals surface area contributed by atoms with Gasteiger partial charge in [-0.15, -0.1) is 0 Å². The fraction of sp³-hybridized carbons (Fsp3) is 0.235. The number of rotatable bonds is 7. The van der Waals surface area contributed by atoms with Crippen LogP contribution in [0.2, 0.25) is 0 Å². The molecule has 0 amide bonds. The van der Waals surface area contributed by atoms with E-state index in [0.717, 1.165) is 5.56 Å². The normalized spacial score (nSPS) is 10.1. The lowest BCUT2D eigenvalue weighted by Gasteiger charge is -2.08. The van der Waals surface area contributed by atoms with Crippen molar-refractivity contribution < 1.29 is 23.9 Å². The average Bonchev–Trinajstić information content (AvgIpc) is 2.59. The maximum absolute atomic E-state index is 11.9. The third kappa shape index (κ3) is 4.70. The van der Waals surface area contributed by atoms with E-state index >= 15 is 0 Å². The van der Waals surface area contributed by atoms with E-state index in [9.17, 15) is 14.9 Å². The van der Waals surface area contributed by atoms with Gasteiger partial charge in [0.25, 0.3) is 5.69 Å². The van der Waals surface area contributed by atoms with Crippen LogP contribution in [0.15, 0.2) is 42.5 Å². The lowest BCUT2D eigenvalue weighted by Crippen LogP contribution is -2.09. The highest BCUT2D eigenvalue weighted by molar-refractivity contribution is 5.73. The van der Waals surface area contributed by atoms with Crippen LogP contribution in [0.5, 0.6) is 17.2 Å². The molecule has 0 saturated heterocycles. The van der Waals surface area contributed by atoms with Crippen molar-refractivity contribution in [2.75, 3.05) is 14.2 Å². The van der Waals surface area contributed by atoms with Gasteiger partial charge in [0.2, 0.25) is 0 Å². The first kappa shape index (κ1) is 17.3. The first-order valence-corrected chi connectivity index (χ1v) is 7.19. The van der Waals surface area contributed by atoms with Crippen molar-refractivity contribution >= 4 is 11.7 Å². The molecular weight excluding hydrogens is 314 g/mol. The van der Waals surface area contributed by atoms with Crippen molar-refractivity contribution in [1.29, 1.82) is 0 Å². The molecule has 0 aliphatic rings. The summed E-state index contributed by atoms with van der Waals surface area (Å²) in [5.41, 5.74) is 0.736. The molecule has 2 aromatic carbocycles. The third-order valence-corrected chi connectivity index (χ3v) is 3.29. The fourth-order valence-corrected chi connectivity index (χ4v) is 2.10. The van der Waals surface area contributed by atoms with E-state index in [0.29, 0.717) is 17.9 Å². The third-order valence-electron chi connectivity index (χ3n) is 3.29. The molecule has 0 saturated carbocycles. The molecule has 0 bridgehead atoms. The smallest absolute Gasteiger partial charge is 0.311 e. The number of hydrogen-bond acceptors (Lipinski definition) is 6. The quantitative estimate of drug-likeness (QED) is 0.335. The van der Waals surface area contributed by atoms with Gasteiger partial charge in [-0.2, -0.15) is 0 Å². The van der Waals surface area contributed by atoms with E-state index < -0.39 is 10.9 Å². The van der Waals surface area contributed by atoms with E-state index in [1.54, 1.807) is 20.3 Å². The number of esters is 1. The minimum Gasteiger partial charge on any atom is -0.497 e. The largest absolute Gasteiger partial charge is 0.497 e. The van der Waals surface area contributed by atoms with Crippen LogP contribution in [0.3, 0.4) is 0 Å². The summed E-state index contributed by atoms with van der Waals surface area (Å²) < 4.78 is 15.5. The summed E-state index contributed by atoms with van der Waals surface area (Å²) in [7, 11) is 3.10. The lowest BCUT2D eigenvalue weighted by molar-refractivity contribution is -0.384. The minimum absolute atomic E-state index is 0.124. The molecule has 0 aliphatic carbocycles. The number of benzene rings is 2. The predicted octanol–water partition coefficient (Wildman–Crippen LogP) is 3.15. The van der Waals surface area contributed by atoms with Crippen LogP contribution in [0.4, 0.5) is 5.69 Å². The van der Waals surface area contributed by atoms with Gasteiger partial charge in [0.05, 0.1) is 25.2 Å². The lowest BCUT2D eigenvalue weighted by atomic mass is 10.1. The second-order valence-corrected chi connectivity index (χ2v) is 4.95. The molecule has 0 unspecified atom stereocenters. The zero-order chi connectivity index (χ0) is 17.5. The SMILES string of the molecule is COc1cc(CCC(=O)Oc2cccc([N+](=O)[O-])c2)cc(OC)c1. The molecule has 2 rings (SSSR count). The zero-order valence-corrected chi connectivity index (χ0v) is 13.4. The van der Waals surface area contributed by atoms with E-state index in [-0.39, 0.29) is 17.9 Å². The number of ether oxygens (including phenoxy) is 3. The number of hydrogen-bond donors (Lipinski definition) is 0. The number of nitro benzene ring substituents is 1. The standard InChI is InChI=1S/C17H17NO6/c1-22-15-8-12(9-16(11-15)23-2)6-7-17(19)24-14-5-3-4-13(10-14)18(20)21/h3-5,8-11H,6-7H2,1-2H3. The fourth-order valence-electron chi connectivity index (χ4n) is 2.10. The maximum Gasteiger partial charge on any atom is 0.311 e. The van der Waals surface area contributed by atoms with Crippen LogP contribution >= 0.6 is 0 Å². The Bertz CT molecular complexity index is 721. The summed E-state index contributed by atoms with van der Waals surface area (Å²) in [4.78, 5) is 22.1. The summed E-state index contributed by atoms with van der Waals surface area (Å²) in [6, 6.07) is 10.9. The van der Waals surface area contributed by atoms with Gasteiger partial charge in [-0.3, -0.25) is 14.9 Å². The number of aryl methyl sites for hydroxylation is 1. The van der Waals surface area contributed by atoms with Crippen molar-refractivity contribution in [3.8, 4) is 17.2 Å². The highest BCUT2D eigenvalue weighted by Crippen LogP contribution is 2.24. The number of carbonyl (C=O) groups excluding carboxylic acids is 1. The molecule has 7 heteroatoms. The highest BCUT2D eigenvalue weighted by Gasteiger charge is 2.11. The topological polar surface area (TPSA) is 87.9 Å². The first-order chi connectivity index (χ1) is 11.5. The molecule has 0 atom stereocenters. The molecule has 0 aliphatic heterocycles. The number of nitro groups is 1. The predicted molar refractivity (Wildman–Crippen MR) is 86.6 cm³/mol. The van der Waals surface area contributed by atoms with Crippen molar-refractivity contribution in [3.63, 3.8) is 0 Å². The number of carbonyl (C=O) groups is 1. The Hall–Kier alpha value is -3.09. The van der Waals surface area contributed by atoms with Crippen molar-refractivity contribution in [1.82, 2.24) is 0 Å². The summed E-state index contributed by atoms with van der Waals surface area (Å²) in [5, 5.41) is 10.7. The van der Waals surface area contributed by atoms with Crippen LogP contribution in [-0.4, -0.2) is 25.1 Å². The zero-order valence-electron chi connectivity index (χ0n) is 13.4. The maximum atomic E-state index is 11.9. The molecule has 24 heavy (non-hydrogen) atoms. The molecule has 0 fully saturated rings. The number of methoxy groups -OCH3 is 2. The molecule has 0 radical (unpaired) electrons. The van der Waals surface area contributed by atoms with Crippen molar-refractivity contribution in [2.45, 2.75) is 12.8 Å². The monoisotopic (exact) mass is 331 g/mol. The van der Waals surface area contributed by atoms with E-state index in [4.69, 9.17) is 14.2 Å². The van der Waals surface area contributed by atoms with Gasteiger partial charge >= 0.3 is 5.97 Å². The Labute approximate surface area is 138 Å². The van der Waals surface area contributed by atoms with Crippen LogP contribution < -0.4 is 14.2 Å². The Morgan fingerprint density at radius 3 is 2.29 bits per heavy atom. The Balaban J connectivity index is 1.98. The molecule has 2 aromatic rings. The second kappa shape index (κ2) is 7.96. The molecule has 0 N–H and O–H groups in total. The molecule has 0 spiro atoms. The molecule has 0 heterocycles. The molecule has 0 aromatic heterocycles. The summed E-state index contributed by atoms with van der Waals surface area (Å²) in [6.45, 7) is 0. The Kier molecular flexibility index (Phi) is 5.73. The second-order valence-electron chi connectivity index (χ2n) is 4.95. The molecule has 7 nitrogen and oxygen atoms in total. The van der Waals surface area contributed by atoms with Crippen LogP contribution in [-0.2, 0) is 11.2 Å². The van der Waals surface area contributed by atoms with E-state index in [1.165, 1.54) is 24.3 Å². The van der Waals surface area contributed by atoms with Gasteiger partial charge in [-0.1, -0.05) is 6.07 Å². The summed E-state index contributed by atoms with van der Waals surface area (Å²) in [5.74, 6) is 0.947. The highest BCUT2D eigenvalue weighted by atomic mass is 16.6. The van der Waals surface area contributed by atoms with Gasteiger partial charge in [-0.25, -0.2) is 0 Å². The van der Waals surface area contributed by atoms with Gasteiger partial charge in [0.15, 0.2) is 0 Å².